The summed E-state index contributed by atoms with van der Waals surface area (Å²) in [5.74, 6) is 0.0193. The molecule has 6 heteroatoms. The van der Waals surface area contributed by atoms with Crippen LogP contribution in [0.2, 0.25) is 0 Å². The van der Waals surface area contributed by atoms with Crippen LogP contribution < -0.4 is 5.32 Å². The van der Waals surface area contributed by atoms with Crippen molar-refractivity contribution in [2.75, 3.05) is 16.8 Å². The van der Waals surface area contributed by atoms with Crippen molar-refractivity contribution < 1.29 is 17.9 Å². The highest BCUT2D eigenvalue weighted by molar-refractivity contribution is 7.91. The first-order valence-electron chi connectivity index (χ1n) is 5.28. The van der Waals surface area contributed by atoms with E-state index in [0.29, 0.717) is 12.1 Å². The summed E-state index contributed by atoms with van der Waals surface area (Å²) in [5, 5.41) is 2.54. The van der Waals surface area contributed by atoms with E-state index in [4.69, 9.17) is 4.74 Å². The van der Waals surface area contributed by atoms with E-state index in [9.17, 15) is 13.2 Å². The summed E-state index contributed by atoms with van der Waals surface area (Å²) < 4.78 is 27.4. The second-order valence-electron chi connectivity index (χ2n) is 3.92. The van der Waals surface area contributed by atoms with Gasteiger partial charge in [-0.15, -0.1) is 0 Å². The molecule has 0 saturated carbocycles. The largest absolute Gasteiger partial charge is 0.445 e. The van der Waals surface area contributed by atoms with E-state index in [1.807, 2.05) is 6.07 Å². The van der Waals surface area contributed by atoms with Gasteiger partial charge in [0.15, 0.2) is 9.84 Å². The number of carbonyl (C=O) groups is 1. The first-order valence-corrected chi connectivity index (χ1v) is 7.10. The van der Waals surface area contributed by atoms with Crippen molar-refractivity contribution in [3.8, 4) is 0 Å². The minimum Gasteiger partial charge on any atom is -0.445 e. The lowest BCUT2D eigenvalue weighted by Crippen LogP contribution is -2.23. The average Bonchev–Trinajstić information content (AvgIpc) is 2.59. The molecule has 1 saturated heterocycles. The third-order valence-electron chi connectivity index (χ3n) is 2.48. The van der Waals surface area contributed by atoms with Gasteiger partial charge in [0.1, 0.15) is 6.10 Å². The number of amides is 1. The number of hydrogen-bond donors (Lipinski definition) is 1. The van der Waals surface area contributed by atoms with Crippen LogP contribution in [0.15, 0.2) is 30.3 Å². The number of rotatable bonds is 2. The van der Waals surface area contributed by atoms with E-state index < -0.39 is 22.0 Å². The van der Waals surface area contributed by atoms with Gasteiger partial charge >= 0.3 is 6.09 Å². The molecule has 1 heterocycles. The van der Waals surface area contributed by atoms with Crippen LogP contribution in [0.25, 0.3) is 0 Å². The molecule has 92 valence electrons. The monoisotopic (exact) mass is 255 g/mol. The third kappa shape index (κ3) is 3.45. The molecule has 1 N–H and O–H groups in total. The van der Waals surface area contributed by atoms with E-state index in [1.165, 1.54) is 0 Å². The predicted octanol–water partition coefficient (Wildman–Crippen LogP) is 1.42. The van der Waals surface area contributed by atoms with Gasteiger partial charge in [0.25, 0.3) is 0 Å². The summed E-state index contributed by atoms with van der Waals surface area (Å²) in [6.07, 6.45) is -0.758. The highest BCUT2D eigenvalue weighted by atomic mass is 32.2. The molecule has 17 heavy (non-hydrogen) atoms. The van der Waals surface area contributed by atoms with Crippen LogP contribution in [-0.4, -0.2) is 32.1 Å². The number of para-hydroxylation sites is 1. The smallest absolute Gasteiger partial charge is 0.411 e. The van der Waals surface area contributed by atoms with Gasteiger partial charge in [-0.25, -0.2) is 13.2 Å². The molecular weight excluding hydrogens is 242 g/mol. The van der Waals surface area contributed by atoms with Gasteiger partial charge in [0.05, 0.1) is 11.5 Å². The molecule has 0 aliphatic carbocycles. The van der Waals surface area contributed by atoms with E-state index in [1.54, 1.807) is 24.3 Å². The van der Waals surface area contributed by atoms with Crippen LogP contribution in [-0.2, 0) is 14.6 Å². The fraction of sp³-hybridized carbons (Fsp3) is 0.364. The molecule has 0 bridgehead atoms. The van der Waals surface area contributed by atoms with Gasteiger partial charge in [0, 0.05) is 5.69 Å². The lowest BCUT2D eigenvalue weighted by molar-refractivity contribution is 0.124. The minimum absolute atomic E-state index is 0.0742. The van der Waals surface area contributed by atoms with Gasteiger partial charge in [0.2, 0.25) is 0 Å². The second kappa shape index (κ2) is 4.75. The predicted molar refractivity (Wildman–Crippen MR) is 63.6 cm³/mol. The first-order chi connectivity index (χ1) is 8.05. The molecule has 1 aromatic rings. The topological polar surface area (TPSA) is 72.5 Å². The molecule has 2 rings (SSSR count). The molecule has 1 amide bonds. The first kappa shape index (κ1) is 11.9. The standard InChI is InChI=1S/C11H13NO4S/c13-11(12-9-4-2-1-3-5-9)16-10-6-7-17(14,15)8-10/h1-5,10H,6-8H2,(H,12,13)/t10-/m0/s1. The Bertz CT molecular complexity index is 497. The summed E-state index contributed by atoms with van der Waals surface area (Å²) in [5.41, 5.74) is 0.623. The van der Waals surface area contributed by atoms with Crippen molar-refractivity contribution in [2.45, 2.75) is 12.5 Å². The Morgan fingerprint density at radius 1 is 1.29 bits per heavy atom. The van der Waals surface area contributed by atoms with E-state index >= 15 is 0 Å². The summed E-state index contributed by atoms with van der Waals surface area (Å²) in [7, 11) is -3.02. The summed E-state index contributed by atoms with van der Waals surface area (Å²) in [6.45, 7) is 0. The Morgan fingerprint density at radius 2 is 2.00 bits per heavy atom. The quantitative estimate of drug-likeness (QED) is 0.867. The van der Waals surface area contributed by atoms with Gasteiger partial charge in [-0.2, -0.15) is 0 Å². The fourth-order valence-corrected chi connectivity index (χ4v) is 3.26. The number of benzene rings is 1. The highest BCUT2D eigenvalue weighted by Crippen LogP contribution is 2.15. The van der Waals surface area contributed by atoms with Crippen molar-refractivity contribution >= 4 is 21.6 Å². The van der Waals surface area contributed by atoms with Gasteiger partial charge < -0.3 is 4.74 Å². The molecule has 1 aromatic carbocycles. The number of carbonyl (C=O) groups excluding carboxylic acids is 1. The second-order valence-corrected chi connectivity index (χ2v) is 6.15. The lowest BCUT2D eigenvalue weighted by atomic mass is 10.3. The average molecular weight is 255 g/mol. The van der Waals surface area contributed by atoms with Crippen molar-refractivity contribution in [1.29, 1.82) is 0 Å². The molecule has 0 aromatic heterocycles. The van der Waals surface area contributed by atoms with Crippen LogP contribution in [0.4, 0.5) is 10.5 Å². The van der Waals surface area contributed by atoms with E-state index in [2.05, 4.69) is 5.32 Å². The highest BCUT2D eigenvalue weighted by Gasteiger charge is 2.30. The Labute approximate surface area is 99.7 Å². The zero-order valence-electron chi connectivity index (χ0n) is 9.13. The SMILES string of the molecule is O=C(Nc1ccccc1)O[C@H]1CCS(=O)(=O)C1. The number of anilines is 1. The van der Waals surface area contributed by atoms with Gasteiger partial charge in [-0.3, -0.25) is 5.32 Å². The molecule has 1 atom stereocenters. The summed E-state index contributed by atoms with van der Waals surface area (Å²) in [6, 6.07) is 8.87. The van der Waals surface area contributed by atoms with Crippen molar-refractivity contribution in [3.05, 3.63) is 30.3 Å². The van der Waals surface area contributed by atoms with Crippen LogP contribution in [0.1, 0.15) is 6.42 Å². The lowest BCUT2D eigenvalue weighted by Gasteiger charge is -2.11. The molecular formula is C11H13NO4S. The van der Waals surface area contributed by atoms with E-state index in [-0.39, 0.29) is 11.5 Å². The van der Waals surface area contributed by atoms with Crippen LogP contribution in [0.5, 0.6) is 0 Å². The van der Waals surface area contributed by atoms with Gasteiger partial charge in [-0.1, -0.05) is 18.2 Å². The molecule has 1 aliphatic rings. The molecule has 0 unspecified atom stereocenters. The molecule has 1 fully saturated rings. The molecule has 1 aliphatic heterocycles. The maximum absolute atomic E-state index is 11.5. The maximum Gasteiger partial charge on any atom is 0.411 e. The Hall–Kier alpha value is -1.56. The maximum atomic E-state index is 11.5. The van der Waals surface area contributed by atoms with Gasteiger partial charge in [-0.05, 0) is 18.6 Å². The van der Waals surface area contributed by atoms with Crippen molar-refractivity contribution in [2.24, 2.45) is 0 Å². The fourth-order valence-electron chi connectivity index (χ4n) is 1.67. The normalized spacial score (nSPS) is 22.0. The zero-order chi connectivity index (χ0) is 12.3. The molecule has 5 nitrogen and oxygen atoms in total. The summed E-state index contributed by atoms with van der Waals surface area (Å²) in [4.78, 5) is 11.5. The Kier molecular flexibility index (Phi) is 3.33. The van der Waals surface area contributed by atoms with Crippen molar-refractivity contribution in [3.63, 3.8) is 0 Å². The van der Waals surface area contributed by atoms with Crippen LogP contribution >= 0.6 is 0 Å². The van der Waals surface area contributed by atoms with Crippen LogP contribution in [0, 0.1) is 0 Å². The molecule has 0 radical (unpaired) electrons. The minimum atomic E-state index is -3.02. The van der Waals surface area contributed by atoms with E-state index in [0.717, 1.165) is 0 Å². The van der Waals surface area contributed by atoms with Crippen LogP contribution in [0.3, 0.4) is 0 Å². The van der Waals surface area contributed by atoms with Crippen molar-refractivity contribution in [1.82, 2.24) is 0 Å². The number of sulfone groups is 1. The number of ether oxygens (including phenoxy) is 1. The Balaban J connectivity index is 1.87. The third-order valence-corrected chi connectivity index (χ3v) is 4.22. The Morgan fingerprint density at radius 3 is 2.59 bits per heavy atom. The number of hydrogen-bond acceptors (Lipinski definition) is 4. The zero-order valence-corrected chi connectivity index (χ0v) is 9.94. The number of nitrogens with one attached hydrogen (secondary N) is 1. The molecule has 0 spiro atoms. The summed E-state index contributed by atoms with van der Waals surface area (Å²) >= 11 is 0.